The standard InChI is InChI=1S/C20H18ClNO4/c21-14-5-7-15(8-6-14)25-12-19(24)22-10-9-20(13-22)11-17(23)16-3-1-2-4-18(16)26-20/h1-8H,9-13H2. The molecule has 0 aromatic heterocycles. The molecule has 2 aliphatic rings. The molecule has 2 aromatic carbocycles. The molecule has 2 heterocycles. The topological polar surface area (TPSA) is 55.8 Å². The molecule has 1 saturated heterocycles. The SMILES string of the molecule is O=C1CC2(CCN(C(=O)COc3ccc(Cl)cc3)C2)Oc2ccccc21. The molecule has 1 atom stereocenters. The van der Waals surface area contributed by atoms with Gasteiger partial charge in [0, 0.05) is 18.0 Å². The van der Waals surface area contributed by atoms with Crippen LogP contribution in [0.1, 0.15) is 23.2 Å². The highest BCUT2D eigenvalue weighted by molar-refractivity contribution is 6.30. The molecule has 0 bridgehead atoms. The Hall–Kier alpha value is -2.53. The van der Waals surface area contributed by atoms with Gasteiger partial charge in [0.25, 0.3) is 5.91 Å². The summed E-state index contributed by atoms with van der Waals surface area (Å²) in [7, 11) is 0. The molecule has 1 spiro atoms. The molecule has 4 rings (SSSR count). The van der Waals surface area contributed by atoms with Gasteiger partial charge in [0.2, 0.25) is 0 Å². The van der Waals surface area contributed by atoms with E-state index >= 15 is 0 Å². The van der Waals surface area contributed by atoms with Crippen molar-refractivity contribution in [3.8, 4) is 11.5 Å². The summed E-state index contributed by atoms with van der Waals surface area (Å²) >= 11 is 5.84. The Morgan fingerprint density at radius 2 is 1.96 bits per heavy atom. The molecule has 26 heavy (non-hydrogen) atoms. The molecular formula is C20H18ClNO4. The van der Waals surface area contributed by atoms with Gasteiger partial charge in [0.15, 0.2) is 12.4 Å². The van der Waals surface area contributed by atoms with Crippen LogP contribution in [0.4, 0.5) is 0 Å². The third kappa shape index (κ3) is 3.27. The number of likely N-dealkylation sites (tertiary alicyclic amines) is 1. The average molecular weight is 372 g/mol. The predicted octanol–water partition coefficient (Wildman–Crippen LogP) is 3.36. The van der Waals surface area contributed by atoms with Crippen molar-refractivity contribution in [1.29, 1.82) is 0 Å². The number of carbonyl (C=O) groups excluding carboxylic acids is 2. The van der Waals surface area contributed by atoms with Crippen molar-refractivity contribution in [3.63, 3.8) is 0 Å². The Bertz CT molecular complexity index is 851. The van der Waals surface area contributed by atoms with Crippen molar-refractivity contribution >= 4 is 23.3 Å². The summed E-state index contributed by atoms with van der Waals surface area (Å²) in [6.07, 6.45) is 0.936. The summed E-state index contributed by atoms with van der Waals surface area (Å²) in [6, 6.07) is 14.1. The fraction of sp³-hybridized carbons (Fsp3) is 0.300. The first-order chi connectivity index (χ1) is 12.5. The number of hydrogen-bond acceptors (Lipinski definition) is 4. The number of nitrogens with zero attached hydrogens (tertiary/aromatic N) is 1. The highest BCUT2D eigenvalue weighted by Gasteiger charge is 2.46. The van der Waals surface area contributed by atoms with Gasteiger partial charge in [-0.1, -0.05) is 23.7 Å². The minimum absolute atomic E-state index is 0.0533. The van der Waals surface area contributed by atoms with E-state index in [0.717, 1.165) is 0 Å². The van der Waals surface area contributed by atoms with E-state index in [4.69, 9.17) is 21.1 Å². The minimum Gasteiger partial charge on any atom is -0.484 e. The lowest BCUT2D eigenvalue weighted by Crippen LogP contribution is -2.45. The molecule has 0 N–H and O–H groups in total. The third-order valence-electron chi connectivity index (χ3n) is 4.84. The Balaban J connectivity index is 1.40. The Kier molecular flexibility index (Phi) is 4.32. The zero-order valence-corrected chi connectivity index (χ0v) is 14.9. The highest BCUT2D eigenvalue weighted by atomic mass is 35.5. The number of benzene rings is 2. The van der Waals surface area contributed by atoms with Crippen molar-refractivity contribution < 1.29 is 19.1 Å². The lowest BCUT2D eigenvalue weighted by molar-refractivity contribution is -0.133. The number of rotatable bonds is 3. The van der Waals surface area contributed by atoms with E-state index in [-0.39, 0.29) is 18.3 Å². The van der Waals surface area contributed by atoms with E-state index < -0.39 is 5.60 Å². The maximum Gasteiger partial charge on any atom is 0.260 e. The van der Waals surface area contributed by atoms with Crippen molar-refractivity contribution in [1.82, 2.24) is 4.90 Å². The normalized spacial score (nSPS) is 21.4. The molecule has 2 aromatic rings. The van der Waals surface area contributed by atoms with Crippen LogP contribution in [0.5, 0.6) is 11.5 Å². The van der Waals surface area contributed by atoms with Gasteiger partial charge < -0.3 is 14.4 Å². The number of ketones is 1. The van der Waals surface area contributed by atoms with Crippen LogP contribution in [0.25, 0.3) is 0 Å². The molecular weight excluding hydrogens is 354 g/mol. The van der Waals surface area contributed by atoms with Crippen LogP contribution in [-0.2, 0) is 4.79 Å². The van der Waals surface area contributed by atoms with E-state index in [9.17, 15) is 9.59 Å². The van der Waals surface area contributed by atoms with Crippen molar-refractivity contribution in [2.24, 2.45) is 0 Å². The Labute approximate surface area is 156 Å². The number of Topliss-reactive ketones (excluding diaryl/α,β-unsaturated/α-hetero) is 1. The van der Waals surface area contributed by atoms with Crippen LogP contribution < -0.4 is 9.47 Å². The summed E-state index contributed by atoms with van der Waals surface area (Å²) in [5, 5.41) is 0.615. The minimum atomic E-state index is -0.624. The number of hydrogen-bond donors (Lipinski definition) is 0. The summed E-state index contributed by atoms with van der Waals surface area (Å²) in [5.74, 6) is 1.15. The van der Waals surface area contributed by atoms with Crippen molar-refractivity contribution in [3.05, 3.63) is 59.1 Å². The molecule has 0 saturated carbocycles. The highest BCUT2D eigenvalue weighted by Crippen LogP contribution is 2.38. The summed E-state index contributed by atoms with van der Waals surface area (Å²) in [5.41, 5.74) is -0.00422. The number of halogens is 1. The molecule has 1 unspecified atom stereocenters. The van der Waals surface area contributed by atoms with Gasteiger partial charge in [-0.3, -0.25) is 9.59 Å². The average Bonchev–Trinajstić information content (AvgIpc) is 3.04. The second-order valence-electron chi connectivity index (χ2n) is 6.69. The van der Waals surface area contributed by atoms with E-state index in [2.05, 4.69) is 0 Å². The van der Waals surface area contributed by atoms with Gasteiger partial charge in [-0.2, -0.15) is 0 Å². The molecule has 5 nitrogen and oxygen atoms in total. The van der Waals surface area contributed by atoms with E-state index in [1.54, 1.807) is 35.2 Å². The van der Waals surface area contributed by atoms with Crippen LogP contribution in [-0.4, -0.2) is 41.9 Å². The number of ether oxygens (including phenoxy) is 2. The zero-order chi connectivity index (χ0) is 18.1. The van der Waals surface area contributed by atoms with E-state index in [1.165, 1.54) is 0 Å². The monoisotopic (exact) mass is 371 g/mol. The first kappa shape index (κ1) is 16.9. The van der Waals surface area contributed by atoms with E-state index in [1.807, 2.05) is 18.2 Å². The number of para-hydroxylation sites is 1. The summed E-state index contributed by atoms with van der Waals surface area (Å²) in [4.78, 5) is 26.6. The lowest BCUT2D eigenvalue weighted by atomic mass is 9.89. The summed E-state index contributed by atoms with van der Waals surface area (Å²) < 4.78 is 11.7. The van der Waals surface area contributed by atoms with Gasteiger partial charge in [0.1, 0.15) is 17.1 Å². The molecule has 0 aliphatic carbocycles. The van der Waals surface area contributed by atoms with Crippen LogP contribution in [0, 0.1) is 0 Å². The largest absolute Gasteiger partial charge is 0.484 e. The smallest absolute Gasteiger partial charge is 0.260 e. The zero-order valence-electron chi connectivity index (χ0n) is 14.1. The van der Waals surface area contributed by atoms with Gasteiger partial charge in [-0.25, -0.2) is 0 Å². The molecule has 1 amide bonds. The third-order valence-corrected chi connectivity index (χ3v) is 5.09. The number of carbonyl (C=O) groups is 2. The maximum absolute atomic E-state index is 12.5. The van der Waals surface area contributed by atoms with Crippen LogP contribution in [0.15, 0.2) is 48.5 Å². The van der Waals surface area contributed by atoms with Crippen LogP contribution >= 0.6 is 11.6 Å². The molecule has 134 valence electrons. The second-order valence-corrected chi connectivity index (χ2v) is 7.13. The maximum atomic E-state index is 12.5. The lowest BCUT2D eigenvalue weighted by Gasteiger charge is -2.34. The van der Waals surface area contributed by atoms with Crippen molar-refractivity contribution in [2.75, 3.05) is 19.7 Å². The molecule has 2 aliphatic heterocycles. The fourth-order valence-electron chi connectivity index (χ4n) is 3.50. The van der Waals surface area contributed by atoms with Gasteiger partial charge in [-0.05, 0) is 36.4 Å². The quantitative estimate of drug-likeness (QED) is 0.830. The number of amides is 1. The van der Waals surface area contributed by atoms with Crippen LogP contribution in [0.3, 0.4) is 0 Å². The number of fused-ring (bicyclic) bond motifs is 1. The molecule has 6 heteroatoms. The second kappa shape index (κ2) is 6.65. The van der Waals surface area contributed by atoms with Gasteiger partial charge >= 0.3 is 0 Å². The molecule has 0 radical (unpaired) electrons. The fourth-order valence-corrected chi connectivity index (χ4v) is 3.62. The predicted molar refractivity (Wildman–Crippen MR) is 96.9 cm³/mol. The first-order valence-electron chi connectivity index (χ1n) is 8.52. The molecule has 1 fully saturated rings. The van der Waals surface area contributed by atoms with Gasteiger partial charge in [0.05, 0.1) is 18.5 Å². The summed E-state index contributed by atoms with van der Waals surface area (Å²) in [6.45, 7) is 0.899. The van der Waals surface area contributed by atoms with Crippen molar-refractivity contribution in [2.45, 2.75) is 18.4 Å². The van der Waals surface area contributed by atoms with Crippen LogP contribution in [0.2, 0.25) is 5.02 Å². The Morgan fingerprint density at radius 1 is 1.19 bits per heavy atom. The van der Waals surface area contributed by atoms with E-state index in [0.29, 0.717) is 48.0 Å². The first-order valence-corrected chi connectivity index (χ1v) is 8.90. The van der Waals surface area contributed by atoms with Gasteiger partial charge in [-0.15, -0.1) is 0 Å². The Morgan fingerprint density at radius 3 is 2.77 bits per heavy atom.